The highest BCUT2D eigenvalue weighted by Gasteiger charge is 2.17. The standard InChI is InChI=1S/C25H21N7OS/c26-12-14-27-21-15-20(29-22(32-21)16-7-2-1-3-8-16)23(33)30-18-10-5-4-9-17(18)24-31-19-11-6-13-28-25(19)34-24/h1-11,13,15H,12,14,26H2,(H,30,33)(H,27,29,32). The molecule has 5 aromatic rings. The number of fused-ring (bicyclic) bond motifs is 1. The van der Waals surface area contributed by atoms with E-state index in [0.29, 0.717) is 30.4 Å². The molecular weight excluding hydrogens is 446 g/mol. The predicted molar refractivity (Wildman–Crippen MR) is 136 cm³/mol. The normalized spacial score (nSPS) is 10.9. The molecule has 3 heterocycles. The van der Waals surface area contributed by atoms with Crippen LogP contribution in [-0.4, -0.2) is 38.9 Å². The lowest BCUT2D eigenvalue weighted by Crippen LogP contribution is -2.18. The summed E-state index contributed by atoms with van der Waals surface area (Å²) < 4.78 is 0. The molecule has 0 saturated heterocycles. The first-order chi connectivity index (χ1) is 16.7. The molecule has 5 rings (SSSR count). The van der Waals surface area contributed by atoms with Crippen LogP contribution < -0.4 is 16.4 Å². The molecule has 0 radical (unpaired) electrons. The van der Waals surface area contributed by atoms with Gasteiger partial charge in [-0.3, -0.25) is 4.79 Å². The van der Waals surface area contributed by atoms with Gasteiger partial charge in [-0.2, -0.15) is 0 Å². The molecule has 0 unspecified atom stereocenters. The maximum atomic E-state index is 13.3. The summed E-state index contributed by atoms with van der Waals surface area (Å²) in [6.07, 6.45) is 1.74. The van der Waals surface area contributed by atoms with E-state index in [-0.39, 0.29) is 11.6 Å². The summed E-state index contributed by atoms with van der Waals surface area (Å²) >= 11 is 1.48. The number of nitrogens with zero attached hydrogens (tertiary/aromatic N) is 4. The minimum atomic E-state index is -0.345. The largest absolute Gasteiger partial charge is 0.369 e. The zero-order valence-electron chi connectivity index (χ0n) is 18.1. The molecule has 0 aliphatic rings. The van der Waals surface area contributed by atoms with E-state index in [9.17, 15) is 4.79 Å². The fourth-order valence-corrected chi connectivity index (χ4v) is 4.37. The number of rotatable bonds is 7. The molecule has 0 bridgehead atoms. The van der Waals surface area contributed by atoms with E-state index in [4.69, 9.17) is 5.73 Å². The van der Waals surface area contributed by atoms with Gasteiger partial charge in [-0.1, -0.05) is 53.8 Å². The number of hydrogen-bond acceptors (Lipinski definition) is 8. The number of amides is 1. The SMILES string of the molecule is NCCNc1cc(C(=O)Nc2ccccc2-c2nc3cccnc3s2)nc(-c2ccccc2)n1. The number of nitrogens with one attached hydrogen (secondary N) is 2. The summed E-state index contributed by atoms with van der Waals surface area (Å²) in [5, 5.41) is 6.92. The summed E-state index contributed by atoms with van der Waals surface area (Å²) in [6, 6.07) is 22.5. The van der Waals surface area contributed by atoms with Crippen LogP contribution in [-0.2, 0) is 0 Å². The third kappa shape index (κ3) is 4.61. The van der Waals surface area contributed by atoms with Crippen LogP contribution in [0.2, 0.25) is 0 Å². The van der Waals surface area contributed by atoms with Gasteiger partial charge in [-0.25, -0.2) is 19.9 Å². The average Bonchev–Trinajstić information content (AvgIpc) is 3.32. The van der Waals surface area contributed by atoms with E-state index in [2.05, 4.69) is 30.6 Å². The first-order valence-electron chi connectivity index (χ1n) is 10.7. The number of pyridine rings is 1. The van der Waals surface area contributed by atoms with E-state index in [1.54, 1.807) is 12.3 Å². The van der Waals surface area contributed by atoms with Gasteiger partial charge in [0.05, 0.1) is 5.69 Å². The van der Waals surface area contributed by atoms with Gasteiger partial charge in [0.25, 0.3) is 5.91 Å². The van der Waals surface area contributed by atoms with Gasteiger partial charge in [0.1, 0.15) is 26.9 Å². The summed E-state index contributed by atoms with van der Waals surface area (Å²) in [5.41, 5.74) is 8.97. The lowest BCUT2D eigenvalue weighted by molar-refractivity contribution is 0.102. The Kier molecular flexibility index (Phi) is 6.19. The van der Waals surface area contributed by atoms with Gasteiger partial charge < -0.3 is 16.4 Å². The fraction of sp³-hybridized carbons (Fsp3) is 0.0800. The summed E-state index contributed by atoms with van der Waals surface area (Å²) in [7, 11) is 0. The molecule has 4 N–H and O–H groups in total. The molecule has 0 aliphatic carbocycles. The molecule has 9 heteroatoms. The Morgan fingerprint density at radius 2 is 1.76 bits per heavy atom. The second-order valence-electron chi connectivity index (χ2n) is 7.39. The highest BCUT2D eigenvalue weighted by atomic mass is 32.1. The monoisotopic (exact) mass is 467 g/mol. The van der Waals surface area contributed by atoms with E-state index in [0.717, 1.165) is 26.5 Å². The maximum absolute atomic E-state index is 13.3. The van der Waals surface area contributed by atoms with Crippen LogP contribution in [0.25, 0.3) is 32.3 Å². The van der Waals surface area contributed by atoms with Crippen molar-refractivity contribution in [2.75, 3.05) is 23.7 Å². The highest BCUT2D eigenvalue weighted by Crippen LogP contribution is 2.33. The molecule has 0 aliphatic heterocycles. The van der Waals surface area contributed by atoms with Crippen molar-refractivity contribution in [2.45, 2.75) is 0 Å². The summed E-state index contributed by atoms with van der Waals surface area (Å²) in [6.45, 7) is 0.970. The molecule has 0 atom stereocenters. The van der Waals surface area contributed by atoms with Gasteiger partial charge >= 0.3 is 0 Å². The topological polar surface area (TPSA) is 119 Å². The van der Waals surface area contributed by atoms with Crippen molar-refractivity contribution in [3.63, 3.8) is 0 Å². The number of anilines is 2. The number of benzene rings is 2. The minimum Gasteiger partial charge on any atom is -0.369 e. The van der Waals surface area contributed by atoms with Crippen molar-refractivity contribution < 1.29 is 4.79 Å². The lowest BCUT2D eigenvalue weighted by Gasteiger charge is -2.12. The van der Waals surface area contributed by atoms with Gasteiger partial charge in [-0.15, -0.1) is 0 Å². The smallest absolute Gasteiger partial charge is 0.274 e. The highest BCUT2D eigenvalue weighted by molar-refractivity contribution is 7.21. The van der Waals surface area contributed by atoms with Crippen LogP contribution in [0.3, 0.4) is 0 Å². The van der Waals surface area contributed by atoms with Crippen molar-refractivity contribution in [2.24, 2.45) is 5.73 Å². The lowest BCUT2D eigenvalue weighted by atomic mass is 10.1. The number of aromatic nitrogens is 4. The van der Waals surface area contributed by atoms with Crippen molar-refractivity contribution in [1.82, 2.24) is 19.9 Å². The van der Waals surface area contributed by atoms with Gasteiger partial charge in [0.15, 0.2) is 5.82 Å². The average molecular weight is 468 g/mol. The van der Waals surface area contributed by atoms with Gasteiger partial charge in [0, 0.05) is 36.5 Å². The van der Waals surface area contributed by atoms with E-state index in [1.165, 1.54) is 11.3 Å². The second-order valence-corrected chi connectivity index (χ2v) is 8.37. The van der Waals surface area contributed by atoms with Crippen molar-refractivity contribution in [3.8, 4) is 22.0 Å². The number of para-hydroxylation sites is 1. The van der Waals surface area contributed by atoms with Crippen LogP contribution >= 0.6 is 11.3 Å². The van der Waals surface area contributed by atoms with Crippen LogP contribution in [0.5, 0.6) is 0 Å². The van der Waals surface area contributed by atoms with Crippen molar-refractivity contribution in [1.29, 1.82) is 0 Å². The van der Waals surface area contributed by atoms with Crippen LogP contribution in [0.15, 0.2) is 79.0 Å². The van der Waals surface area contributed by atoms with E-state index in [1.807, 2.05) is 66.7 Å². The number of carbonyl (C=O) groups is 1. The molecule has 8 nitrogen and oxygen atoms in total. The number of carbonyl (C=O) groups excluding carboxylic acids is 1. The quantitative estimate of drug-likeness (QED) is 0.324. The maximum Gasteiger partial charge on any atom is 0.274 e. The van der Waals surface area contributed by atoms with Crippen molar-refractivity contribution >= 4 is 39.1 Å². The predicted octanol–water partition coefficient (Wildman–Crippen LogP) is 4.44. The van der Waals surface area contributed by atoms with Crippen molar-refractivity contribution in [3.05, 3.63) is 84.7 Å². The van der Waals surface area contributed by atoms with Crippen LogP contribution in [0, 0.1) is 0 Å². The molecule has 0 spiro atoms. The third-order valence-corrected chi connectivity index (χ3v) is 6.03. The zero-order chi connectivity index (χ0) is 23.3. The van der Waals surface area contributed by atoms with Crippen LogP contribution in [0.1, 0.15) is 10.5 Å². The van der Waals surface area contributed by atoms with E-state index < -0.39 is 0 Å². The van der Waals surface area contributed by atoms with Gasteiger partial charge in [0.2, 0.25) is 0 Å². The first-order valence-corrected chi connectivity index (χ1v) is 11.5. The fourth-order valence-electron chi connectivity index (χ4n) is 3.42. The Bertz CT molecular complexity index is 1420. The number of thiazole rings is 1. The molecule has 34 heavy (non-hydrogen) atoms. The molecule has 3 aromatic heterocycles. The number of hydrogen-bond donors (Lipinski definition) is 3. The van der Waals surface area contributed by atoms with Crippen LogP contribution in [0.4, 0.5) is 11.5 Å². The molecule has 1 amide bonds. The molecule has 168 valence electrons. The Morgan fingerprint density at radius 3 is 2.59 bits per heavy atom. The molecular formula is C25H21N7OS. The Labute approximate surface area is 199 Å². The second kappa shape index (κ2) is 9.74. The Balaban J connectivity index is 1.49. The summed E-state index contributed by atoms with van der Waals surface area (Å²) in [5.74, 6) is 0.648. The summed E-state index contributed by atoms with van der Waals surface area (Å²) in [4.78, 5) is 32.3. The Hall–Kier alpha value is -4.21. The molecule has 0 fully saturated rings. The Morgan fingerprint density at radius 1 is 0.941 bits per heavy atom. The molecule has 2 aromatic carbocycles. The third-order valence-electron chi connectivity index (χ3n) is 5.01. The molecule has 0 saturated carbocycles. The first kappa shape index (κ1) is 21.6. The minimum absolute atomic E-state index is 0.245. The number of nitrogens with two attached hydrogens (primary N) is 1. The van der Waals surface area contributed by atoms with E-state index >= 15 is 0 Å². The van der Waals surface area contributed by atoms with Gasteiger partial charge in [-0.05, 0) is 24.3 Å². The zero-order valence-corrected chi connectivity index (χ0v) is 18.9.